The standard InChI is InChI=1S/C23H19F4N3O3/c1-33-19-4-2-3-18(31)20(19)21(14-7-5-13(12-28)6-8-14)30-22(32)29-17-10-15(23(25,26)27)9-16(24)11-17/h5-11,21H,2-4H2,1H3,(H2,29,30,32). The van der Waals surface area contributed by atoms with Crippen molar-refractivity contribution in [1.82, 2.24) is 5.32 Å². The van der Waals surface area contributed by atoms with Crippen molar-refractivity contribution in [2.45, 2.75) is 31.5 Å². The highest BCUT2D eigenvalue weighted by atomic mass is 19.4. The number of amides is 2. The maximum atomic E-state index is 13.7. The van der Waals surface area contributed by atoms with E-state index in [1.165, 1.54) is 19.2 Å². The van der Waals surface area contributed by atoms with E-state index in [0.717, 1.165) is 6.07 Å². The first-order valence-corrected chi connectivity index (χ1v) is 9.88. The van der Waals surface area contributed by atoms with Gasteiger partial charge in [0.1, 0.15) is 11.6 Å². The molecule has 2 aromatic carbocycles. The molecule has 0 saturated heterocycles. The summed E-state index contributed by atoms with van der Waals surface area (Å²) in [5.41, 5.74) is -0.641. The molecule has 0 saturated carbocycles. The molecule has 6 nitrogen and oxygen atoms in total. The molecule has 2 N–H and O–H groups in total. The fourth-order valence-corrected chi connectivity index (χ4v) is 3.56. The van der Waals surface area contributed by atoms with Crippen molar-refractivity contribution >= 4 is 17.5 Å². The van der Waals surface area contributed by atoms with Gasteiger partial charge in [0.05, 0.1) is 35.9 Å². The molecule has 172 valence electrons. The van der Waals surface area contributed by atoms with Crippen LogP contribution in [0.2, 0.25) is 0 Å². The van der Waals surface area contributed by atoms with Crippen molar-refractivity contribution in [3.8, 4) is 6.07 Å². The van der Waals surface area contributed by atoms with Crippen LogP contribution in [0.3, 0.4) is 0 Å². The molecule has 2 aromatic rings. The average Bonchev–Trinajstić information content (AvgIpc) is 2.76. The number of hydrogen-bond acceptors (Lipinski definition) is 4. The van der Waals surface area contributed by atoms with E-state index in [-0.39, 0.29) is 17.8 Å². The lowest BCUT2D eigenvalue weighted by atomic mass is 9.87. The van der Waals surface area contributed by atoms with Crippen LogP contribution in [0, 0.1) is 17.1 Å². The van der Waals surface area contributed by atoms with Gasteiger partial charge in [-0.05, 0) is 42.3 Å². The van der Waals surface area contributed by atoms with E-state index >= 15 is 0 Å². The average molecular weight is 461 g/mol. The third kappa shape index (κ3) is 5.68. The Morgan fingerprint density at radius 3 is 2.45 bits per heavy atom. The van der Waals surface area contributed by atoms with E-state index in [1.54, 1.807) is 12.1 Å². The van der Waals surface area contributed by atoms with Crippen LogP contribution >= 0.6 is 0 Å². The van der Waals surface area contributed by atoms with E-state index in [9.17, 15) is 27.2 Å². The zero-order valence-corrected chi connectivity index (χ0v) is 17.4. The van der Waals surface area contributed by atoms with Crippen LogP contribution in [0.5, 0.6) is 0 Å². The van der Waals surface area contributed by atoms with Gasteiger partial charge in [0.15, 0.2) is 5.78 Å². The molecule has 2 amide bonds. The van der Waals surface area contributed by atoms with Crippen LogP contribution in [0.25, 0.3) is 0 Å². The first kappa shape index (κ1) is 23.8. The highest BCUT2D eigenvalue weighted by molar-refractivity contribution is 5.99. The predicted octanol–water partition coefficient (Wildman–Crippen LogP) is 5.23. The number of benzene rings is 2. The van der Waals surface area contributed by atoms with E-state index < -0.39 is 35.3 Å². The van der Waals surface area contributed by atoms with E-state index in [1.807, 2.05) is 6.07 Å². The van der Waals surface area contributed by atoms with Crippen LogP contribution < -0.4 is 10.6 Å². The number of Topliss-reactive ketones (excluding diaryl/α,β-unsaturated/α-hetero) is 1. The van der Waals surface area contributed by atoms with Gasteiger partial charge >= 0.3 is 12.2 Å². The van der Waals surface area contributed by atoms with Crippen LogP contribution in [0.4, 0.5) is 28.0 Å². The Morgan fingerprint density at radius 1 is 1.15 bits per heavy atom. The SMILES string of the molecule is COC1=C(C(NC(=O)Nc2cc(F)cc(C(F)(F)F)c2)c2ccc(C#N)cc2)C(=O)CCC1. The van der Waals surface area contributed by atoms with E-state index in [4.69, 9.17) is 10.00 Å². The number of carbonyl (C=O) groups is 2. The van der Waals surface area contributed by atoms with Gasteiger partial charge in [-0.1, -0.05) is 12.1 Å². The lowest BCUT2D eigenvalue weighted by Gasteiger charge is -2.27. The smallest absolute Gasteiger partial charge is 0.416 e. The Bertz CT molecular complexity index is 1140. The summed E-state index contributed by atoms with van der Waals surface area (Å²) in [6, 6.07) is 7.79. The monoisotopic (exact) mass is 461 g/mol. The summed E-state index contributed by atoms with van der Waals surface area (Å²) >= 11 is 0. The predicted molar refractivity (Wildman–Crippen MR) is 110 cm³/mol. The van der Waals surface area contributed by atoms with Gasteiger partial charge in [-0.2, -0.15) is 18.4 Å². The van der Waals surface area contributed by atoms with Crippen LogP contribution in [0.1, 0.15) is 42.0 Å². The maximum Gasteiger partial charge on any atom is 0.416 e. The maximum absolute atomic E-state index is 13.7. The molecule has 3 rings (SSSR count). The molecular formula is C23H19F4N3O3. The highest BCUT2D eigenvalue weighted by Crippen LogP contribution is 2.34. The zero-order chi connectivity index (χ0) is 24.2. The number of ether oxygens (including phenoxy) is 1. The normalized spacial score (nSPS) is 15.0. The number of carbonyl (C=O) groups excluding carboxylic acids is 2. The molecule has 0 radical (unpaired) electrons. The number of rotatable bonds is 5. The van der Waals surface area contributed by atoms with Crippen LogP contribution in [-0.2, 0) is 15.7 Å². The second kappa shape index (κ2) is 9.73. The van der Waals surface area contributed by atoms with Gasteiger partial charge in [-0.3, -0.25) is 4.79 Å². The number of hydrogen-bond donors (Lipinski definition) is 2. The molecule has 0 bridgehead atoms. The third-order valence-electron chi connectivity index (χ3n) is 5.08. The third-order valence-corrected chi connectivity index (χ3v) is 5.08. The fraction of sp³-hybridized carbons (Fsp3) is 0.261. The second-order valence-electron chi connectivity index (χ2n) is 7.31. The molecule has 10 heteroatoms. The number of ketones is 1. The minimum absolute atomic E-state index is 0.207. The quantitative estimate of drug-likeness (QED) is 0.597. The summed E-state index contributed by atoms with van der Waals surface area (Å²) in [5.74, 6) is -1.04. The Kier molecular flexibility index (Phi) is 7.01. The molecule has 1 atom stereocenters. The molecule has 1 unspecified atom stereocenters. The van der Waals surface area contributed by atoms with Gasteiger partial charge in [-0.25, -0.2) is 9.18 Å². The molecule has 0 fully saturated rings. The Labute approximate surface area is 186 Å². The summed E-state index contributed by atoms with van der Waals surface area (Å²) in [6.07, 6.45) is -3.53. The van der Waals surface area contributed by atoms with Gasteiger partial charge in [0.2, 0.25) is 0 Å². The van der Waals surface area contributed by atoms with Crippen molar-refractivity contribution in [2.24, 2.45) is 0 Å². The van der Waals surface area contributed by atoms with E-state index in [2.05, 4.69) is 10.6 Å². The number of alkyl halides is 3. The molecular weight excluding hydrogens is 442 g/mol. The number of anilines is 1. The number of nitriles is 1. The van der Waals surface area contributed by atoms with Crippen molar-refractivity contribution in [1.29, 1.82) is 5.26 Å². The minimum atomic E-state index is -4.80. The first-order valence-electron chi connectivity index (χ1n) is 9.88. The summed E-state index contributed by atoms with van der Waals surface area (Å²) in [6.45, 7) is 0. The number of allylic oxidation sites excluding steroid dienone is 1. The van der Waals surface area contributed by atoms with Crippen LogP contribution in [-0.4, -0.2) is 18.9 Å². The van der Waals surface area contributed by atoms with Gasteiger partial charge in [0.25, 0.3) is 0 Å². The summed E-state index contributed by atoms with van der Waals surface area (Å²) in [5, 5.41) is 13.8. The van der Waals surface area contributed by atoms with Gasteiger partial charge in [0, 0.05) is 18.5 Å². The second-order valence-corrected chi connectivity index (χ2v) is 7.31. The summed E-state index contributed by atoms with van der Waals surface area (Å²) < 4.78 is 57.9. The molecule has 33 heavy (non-hydrogen) atoms. The Morgan fingerprint density at radius 2 is 1.85 bits per heavy atom. The highest BCUT2D eigenvalue weighted by Gasteiger charge is 2.33. The Balaban J connectivity index is 1.94. The summed E-state index contributed by atoms with van der Waals surface area (Å²) in [7, 11) is 1.40. The lowest BCUT2D eigenvalue weighted by Crippen LogP contribution is -2.36. The molecule has 0 spiro atoms. The molecule has 0 heterocycles. The van der Waals surface area contributed by atoms with Crippen LogP contribution in [0.15, 0.2) is 53.8 Å². The molecule has 1 aliphatic carbocycles. The van der Waals surface area contributed by atoms with Crippen molar-refractivity contribution in [3.05, 3.63) is 76.3 Å². The van der Waals surface area contributed by atoms with E-state index in [0.29, 0.717) is 41.9 Å². The van der Waals surface area contributed by atoms with Crippen molar-refractivity contribution in [3.63, 3.8) is 0 Å². The largest absolute Gasteiger partial charge is 0.501 e. The minimum Gasteiger partial charge on any atom is -0.501 e. The number of urea groups is 1. The number of nitrogens with zero attached hydrogens (tertiary/aromatic N) is 1. The molecule has 0 aromatic heterocycles. The van der Waals surface area contributed by atoms with Gasteiger partial charge in [-0.15, -0.1) is 0 Å². The zero-order valence-electron chi connectivity index (χ0n) is 17.4. The Hall–Kier alpha value is -3.87. The van der Waals surface area contributed by atoms with Crippen molar-refractivity contribution < 1.29 is 31.9 Å². The van der Waals surface area contributed by atoms with Crippen molar-refractivity contribution in [2.75, 3.05) is 12.4 Å². The molecule has 1 aliphatic rings. The number of methoxy groups -OCH3 is 1. The van der Waals surface area contributed by atoms with Gasteiger partial charge < -0.3 is 15.4 Å². The summed E-state index contributed by atoms with van der Waals surface area (Å²) in [4.78, 5) is 25.4. The number of nitrogens with one attached hydrogen (secondary N) is 2. The molecule has 0 aliphatic heterocycles. The fourth-order valence-electron chi connectivity index (χ4n) is 3.56. The topological polar surface area (TPSA) is 91.2 Å². The number of halogens is 4. The first-order chi connectivity index (χ1) is 15.6. The lowest BCUT2D eigenvalue weighted by molar-refractivity contribution is -0.137.